The molecule has 1 aromatic carbocycles. The Morgan fingerprint density at radius 3 is 3.03 bits per heavy atom. The number of nitrogens with zero attached hydrogens (tertiary/aromatic N) is 4. The van der Waals surface area contributed by atoms with Crippen molar-refractivity contribution >= 4 is 21.6 Å². The summed E-state index contributed by atoms with van der Waals surface area (Å²) in [6.45, 7) is 1.11. The molecule has 1 aliphatic carbocycles. The number of fused-ring (bicyclic) bond motifs is 3. The van der Waals surface area contributed by atoms with Gasteiger partial charge < -0.3 is 5.32 Å². The van der Waals surface area contributed by atoms with E-state index in [4.69, 9.17) is 0 Å². The molecule has 8 heteroatoms. The van der Waals surface area contributed by atoms with Crippen molar-refractivity contribution in [2.45, 2.75) is 38.4 Å². The summed E-state index contributed by atoms with van der Waals surface area (Å²) >= 11 is 1.62. The number of hydrogen-bond donors (Lipinski definition) is 1. The summed E-state index contributed by atoms with van der Waals surface area (Å²) < 4.78 is 16.9. The van der Waals surface area contributed by atoms with Gasteiger partial charge in [-0.2, -0.15) is 5.10 Å². The third kappa shape index (κ3) is 3.68. The summed E-state index contributed by atoms with van der Waals surface area (Å²) in [6, 6.07) is 6.72. The smallest absolute Gasteiger partial charge is 0.262 e. The Morgan fingerprint density at radius 1 is 1.33 bits per heavy atom. The number of thiophene rings is 1. The highest BCUT2D eigenvalue weighted by molar-refractivity contribution is 7.18. The van der Waals surface area contributed by atoms with Crippen molar-refractivity contribution < 1.29 is 4.39 Å². The van der Waals surface area contributed by atoms with Crippen LogP contribution >= 0.6 is 11.3 Å². The number of rotatable bonds is 5. The van der Waals surface area contributed by atoms with Crippen molar-refractivity contribution in [3.63, 3.8) is 0 Å². The molecule has 0 saturated heterocycles. The maximum absolute atomic E-state index is 13.5. The summed E-state index contributed by atoms with van der Waals surface area (Å²) in [5.74, 6) is -0.299. The molecular weight excluding hydrogens is 401 g/mol. The van der Waals surface area contributed by atoms with Gasteiger partial charge in [0.15, 0.2) is 0 Å². The number of benzene rings is 1. The molecule has 3 aromatic heterocycles. The Bertz CT molecular complexity index is 1270. The predicted octanol–water partition coefficient (Wildman–Crippen LogP) is 3.03. The molecule has 5 rings (SSSR count). The molecule has 1 atom stereocenters. The maximum Gasteiger partial charge on any atom is 0.262 e. The summed E-state index contributed by atoms with van der Waals surface area (Å²) in [4.78, 5) is 19.7. The molecule has 30 heavy (non-hydrogen) atoms. The number of aryl methyl sites for hydroxylation is 2. The molecule has 0 aliphatic heterocycles. The first-order valence-electron chi connectivity index (χ1n) is 10.0. The molecule has 0 fully saturated rings. The lowest BCUT2D eigenvalue weighted by Gasteiger charge is -2.23. The molecule has 0 saturated carbocycles. The van der Waals surface area contributed by atoms with Crippen molar-refractivity contribution in [1.29, 1.82) is 0 Å². The van der Waals surface area contributed by atoms with E-state index in [1.165, 1.54) is 22.6 Å². The highest BCUT2D eigenvalue weighted by atomic mass is 32.1. The van der Waals surface area contributed by atoms with E-state index in [2.05, 4.69) is 15.4 Å². The van der Waals surface area contributed by atoms with Gasteiger partial charge in [-0.3, -0.25) is 14.0 Å². The molecular formula is C22H22FN5OS. The summed E-state index contributed by atoms with van der Waals surface area (Å²) in [6.07, 6.45) is 8.23. The second-order valence-electron chi connectivity index (χ2n) is 7.83. The van der Waals surface area contributed by atoms with Gasteiger partial charge in [-0.05, 0) is 42.5 Å². The van der Waals surface area contributed by atoms with E-state index in [1.54, 1.807) is 28.3 Å². The molecule has 0 spiro atoms. The minimum atomic E-state index is -0.299. The van der Waals surface area contributed by atoms with Gasteiger partial charge in [0.25, 0.3) is 5.56 Å². The first-order valence-corrected chi connectivity index (χ1v) is 10.8. The van der Waals surface area contributed by atoms with Gasteiger partial charge in [0.05, 0.1) is 24.5 Å². The van der Waals surface area contributed by atoms with Gasteiger partial charge in [0.2, 0.25) is 0 Å². The molecule has 154 valence electrons. The van der Waals surface area contributed by atoms with E-state index in [9.17, 15) is 9.18 Å². The predicted molar refractivity (Wildman–Crippen MR) is 115 cm³/mol. The lowest BCUT2D eigenvalue weighted by atomic mass is 9.93. The van der Waals surface area contributed by atoms with Crippen molar-refractivity contribution in [3.05, 3.63) is 80.7 Å². The van der Waals surface area contributed by atoms with Crippen LogP contribution in [0, 0.1) is 5.82 Å². The van der Waals surface area contributed by atoms with Crippen LogP contribution in [0.15, 0.2) is 47.8 Å². The second-order valence-corrected chi connectivity index (χ2v) is 8.92. The average molecular weight is 424 g/mol. The zero-order chi connectivity index (χ0) is 20.7. The quantitative estimate of drug-likeness (QED) is 0.536. The van der Waals surface area contributed by atoms with Crippen LogP contribution in [0.25, 0.3) is 10.2 Å². The van der Waals surface area contributed by atoms with Crippen LogP contribution in [-0.4, -0.2) is 25.4 Å². The number of nitrogens with one attached hydrogen (secondary N) is 1. The second kappa shape index (κ2) is 7.77. The summed E-state index contributed by atoms with van der Waals surface area (Å²) in [7, 11) is 1.92. The molecule has 0 amide bonds. The Labute approximate surface area is 177 Å². The van der Waals surface area contributed by atoms with E-state index in [1.807, 2.05) is 30.2 Å². The van der Waals surface area contributed by atoms with Gasteiger partial charge in [-0.1, -0.05) is 12.1 Å². The third-order valence-corrected chi connectivity index (χ3v) is 6.79. The van der Waals surface area contributed by atoms with Crippen LogP contribution in [0.1, 0.15) is 28.0 Å². The fraction of sp³-hybridized carbons (Fsp3) is 0.318. The van der Waals surface area contributed by atoms with Crippen molar-refractivity contribution in [3.8, 4) is 0 Å². The van der Waals surface area contributed by atoms with Gasteiger partial charge in [-0.25, -0.2) is 9.37 Å². The summed E-state index contributed by atoms with van der Waals surface area (Å²) in [5, 5.41) is 8.56. The normalized spacial score (nSPS) is 16.1. The first-order chi connectivity index (χ1) is 14.6. The van der Waals surface area contributed by atoms with Crippen LogP contribution in [0.4, 0.5) is 4.39 Å². The third-order valence-electron chi connectivity index (χ3n) is 5.63. The topological polar surface area (TPSA) is 64.7 Å². The minimum Gasteiger partial charge on any atom is -0.309 e. The zero-order valence-electron chi connectivity index (χ0n) is 16.6. The molecule has 1 N–H and O–H groups in total. The van der Waals surface area contributed by atoms with E-state index in [0.29, 0.717) is 12.6 Å². The lowest BCUT2D eigenvalue weighted by molar-refractivity contribution is 0.462. The first kappa shape index (κ1) is 19.1. The minimum absolute atomic E-state index is 0.0384. The van der Waals surface area contributed by atoms with E-state index in [0.717, 1.165) is 47.2 Å². The molecule has 6 nitrogen and oxygen atoms in total. The van der Waals surface area contributed by atoms with Crippen molar-refractivity contribution in [2.24, 2.45) is 7.05 Å². The standard InChI is InChI=1S/C22H22FN5OS/c1-27-11-15(10-26-27)9-24-17-5-6-18-19(8-17)30-21-20(18)22(29)28(13-25-21)12-14-3-2-4-16(23)7-14/h2-4,7,10-11,13,17,24H,5-6,8-9,12H2,1H3. The monoisotopic (exact) mass is 423 g/mol. The number of hydrogen-bond acceptors (Lipinski definition) is 5. The highest BCUT2D eigenvalue weighted by Crippen LogP contribution is 2.33. The van der Waals surface area contributed by atoms with Crippen LogP contribution < -0.4 is 10.9 Å². The Kier molecular flexibility index (Phi) is 4.96. The lowest BCUT2D eigenvalue weighted by Crippen LogP contribution is -2.33. The van der Waals surface area contributed by atoms with Gasteiger partial charge >= 0.3 is 0 Å². The SMILES string of the molecule is Cn1cc(CNC2CCc3c(sc4ncn(Cc5cccc(F)c5)c(=O)c34)C2)cn1. The van der Waals surface area contributed by atoms with E-state index < -0.39 is 0 Å². The van der Waals surface area contributed by atoms with Crippen molar-refractivity contribution in [1.82, 2.24) is 24.6 Å². The Balaban J connectivity index is 1.38. The summed E-state index contributed by atoms with van der Waals surface area (Å²) in [5.41, 5.74) is 3.02. The average Bonchev–Trinajstić information content (AvgIpc) is 3.31. The van der Waals surface area contributed by atoms with Gasteiger partial charge in [0.1, 0.15) is 10.6 Å². The zero-order valence-corrected chi connectivity index (χ0v) is 17.5. The Morgan fingerprint density at radius 2 is 2.23 bits per heavy atom. The highest BCUT2D eigenvalue weighted by Gasteiger charge is 2.25. The van der Waals surface area contributed by atoms with Crippen LogP contribution in [-0.2, 0) is 33.0 Å². The molecule has 1 aliphatic rings. The Hall–Kier alpha value is -2.84. The molecule has 0 bridgehead atoms. The maximum atomic E-state index is 13.5. The number of halogens is 1. The fourth-order valence-corrected chi connectivity index (χ4v) is 5.40. The van der Waals surface area contributed by atoms with Crippen LogP contribution in [0.5, 0.6) is 0 Å². The van der Waals surface area contributed by atoms with E-state index >= 15 is 0 Å². The van der Waals surface area contributed by atoms with Crippen molar-refractivity contribution in [2.75, 3.05) is 0 Å². The fourth-order valence-electron chi connectivity index (χ4n) is 4.15. The van der Waals surface area contributed by atoms with Crippen LogP contribution in [0.2, 0.25) is 0 Å². The number of aromatic nitrogens is 4. The molecule has 4 aromatic rings. The largest absolute Gasteiger partial charge is 0.309 e. The van der Waals surface area contributed by atoms with Gasteiger partial charge in [-0.15, -0.1) is 11.3 Å². The molecule has 0 radical (unpaired) electrons. The van der Waals surface area contributed by atoms with Gasteiger partial charge in [0, 0.05) is 36.3 Å². The molecule has 1 unspecified atom stereocenters. The van der Waals surface area contributed by atoms with E-state index in [-0.39, 0.29) is 11.4 Å². The van der Waals surface area contributed by atoms with Crippen LogP contribution in [0.3, 0.4) is 0 Å². The molecule has 3 heterocycles.